The van der Waals surface area contributed by atoms with Gasteiger partial charge in [0.2, 0.25) is 6.79 Å². The third kappa shape index (κ3) is 2.85. The van der Waals surface area contributed by atoms with Crippen molar-refractivity contribution in [1.82, 2.24) is 4.98 Å². The van der Waals surface area contributed by atoms with Gasteiger partial charge >= 0.3 is 0 Å². The van der Waals surface area contributed by atoms with Crippen molar-refractivity contribution in [3.63, 3.8) is 0 Å². The zero-order valence-electron chi connectivity index (χ0n) is 14.5. The summed E-state index contributed by atoms with van der Waals surface area (Å²) in [4.78, 5) is 19.2. The van der Waals surface area contributed by atoms with Gasteiger partial charge < -0.3 is 19.7 Å². The summed E-state index contributed by atoms with van der Waals surface area (Å²) in [5.74, 6) is 2.01. The van der Waals surface area contributed by atoms with Crippen LogP contribution < -0.4 is 19.7 Å². The maximum absolute atomic E-state index is 13.0. The molecular formula is C21H17N3O3. The number of hydrogen-bond donors (Lipinski definition) is 1. The summed E-state index contributed by atoms with van der Waals surface area (Å²) < 4.78 is 10.7. The van der Waals surface area contributed by atoms with Crippen LogP contribution in [0.2, 0.25) is 0 Å². The Kier molecular flexibility index (Phi) is 3.67. The van der Waals surface area contributed by atoms with Gasteiger partial charge in [0.25, 0.3) is 5.91 Å². The molecule has 5 rings (SSSR count). The number of carbonyl (C=O) groups excluding carboxylic acids is 1. The largest absolute Gasteiger partial charge is 0.454 e. The van der Waals surface area contributed by atoms with Gasteiger partial charge in [0.15, 0.2) is 11.5 Å². The normalized spacial score (nSPS) is 14.1. The van der Waals surface area contributed by atoms with Crippen molar-refractivity contribution in [1.29, 1.82) is 0 Å². The first-order valence-corrected chi connectivity index (χ1v) is 8.80. The standard InChI is InChI=1S/C21H17N3O3/c25-21(24-10-8-14-3-1-2-4-17(14)24)15-7-9-22-20(11-15)23-16-5-6-18-19(12-16)27-13-26-18/h1-7,9,11-12H,8,10,13H2,(H,22,23). The summed E-state index contributed by atoms with van der Waals surface area (Å²) in [6.07, 6.45) is 2.53. The van der Waals surface area contributed by atoms with E-state index >= 15 is 0 Å². The average Bonchev–Trinajstić information content (AvgIpc) is 3.34. The van der Waals surface area contributed by atoms with Crippen LogP contribution >= 0.6 is 0 Å². The number of para-hydroxylation sites is 1. The number of benzene rings is 2. The molecule has 0 spiro atoms. The molecule has 1 aromatic heterocycles. The van der Waals surface area contributed by atoms with Gasteiger partial charge in [-0.1, -0.05) is 18.2 Å². The second-order valence-corrected chi connectivity index (χ2v) is 6.46. The average molecular weight is 359 g/mol. The first-order chi connectivity index (χ1) is 13.3. The van der Waals surface area contributed by atoms with E-state index < -0.39 is 0 Å². The predicted octanol–water partition coefficient (Wildman–Crippen LogP) is 3.76. The zero-order valence-corrected chi connectivity index (χ0v) is 14.5. The maximum atomic E-state index is 13.0. The van der Waals surface area contributed by atoms with Crippen LogP contribution in [0.5, 0.6) is 11.5 Å². The fourth-order valence-electron chi connectivity index (χ4n) is 3.46. The molecule has 0 atom stereocenters. The number of ether oxygens (including phenoxy) is 2. The molecule has 3 aromatic rings. The van der Waals surface area contributed by atoms with Crippen molar-refractivity contribution in [3.8, 4) is 11.5 Å². The molecule has 2 aliphatic rings. The SMILES string of the molecule is O=C(c1ccnc(Nc2ccc3c(c2)OCO3)c1)N1CCc2ccccc21. The van der Waals surface area contributed by atoms with Gasteiger partial charge in [-0.15, -0.1) is 0 Å². The third-order valence-electron chi connectivity index (χ3n) is 4.78. The van der Waals surface area contributed by atoms with Crippen LogP contribution in [0.15, 0.2) is 60.8 Å². The van der Waals surface area contributed by atoms with E-state index in [0.29, 0.717) is 23.7 Å². The number of nitrogens with zero attached hydrogens (tertiary/aromatic N) is 2. The molecule has 134 valence electrons. The van der Waals surface area contributed by atoms with Gasteiger partial charge in [0.1, 0.15) is 5.82 Å². The molecule has 6 heteroatoms. The van der Waals surface area contributed by atoms with E-state index in [-0.39, 0.29) is 12.7 Å². The minimum atomic E-state index is -0.0175. The highest BCUT2D eigenvalue weighted by atomic mass is 16.7. The molecule has 2 aliphatic heterocycles. The van der Waals surface area contributed by atoms with Crippen LogP contribution in [0.4, 0.5) is 17.2 Å². The lowest BCUT2D eigenvalue weighted by atomic mass is 10.1. The van der Waals surface area contributed by atoms with E-state index in [9.17, 15) is 4.79 Å². The molecule has 1 amide bonds. The topological polar surface area (TPSA) is 63.7 Å². The first kappa shape index (κ1) is 15.7. The molecule has 2 aromatic carbocycles. The number of rotatable bonds is 3. The lowest BCUT2D eigenvalue weighted by Crippen LogP contribution is -2.28. The lowest BCUT2D eigenvalue weighted by Gasteiger charge is -2.17. The van der Waals surface area contributed by atoms with Gasteiger partial charge in [-0.2, -0.15) is 0 Å². The van der Waals surface area contributed by atoms with E-state index in [1.807, 2.05) is 41.3 Å². The number of hydrogen-bond acceptors (Lipinski definition) is 5. The zero-order chi connectivity index (χ0) is 18.2. The van der Waals surface area contributed by atoms with E-state index in [0.717, 1.165) is 23.5 Å². The Morgan fingerprint density at radius 2 is 1.93 bits per heavy atom. The Morgan fingerprint density at radius 3 is 2.89 bits per heavy atom. The molecule has 3 heterocycles. The van der Waals surface area contributed by atoms with Crippen molar-refractivity contribution >= 4 is 23.1 Å². The van der Waals surface area contributed by atoms with Crippen molar-refractivity contribution in [2.24, 2.45) is 0 Å². The molecule has 0 saturated heterocycles. The molecule has 1 N–H and O–H groups in total. The Morgan fingerprint density at radius 1 is 1.04 bits per heavy atom. The van der Waals surface area contributed by atoms with Gasteiger partial charge in [-0.3, -0.25) is 4.79 Å². The van der Waals surface area contributed by atoms with Crippen molar-refractivity contribution in [3.05, 3.63) is 71.9 Å². The molecule has 0 aliphatic carbocycles. The number of anilines is 3. The van der Waals surface area contributed by atoms with Gasteiger partial charge in [0.05, 0.1) is 0 Å². The van der Waals surface area contributed by atoms with E-state index in [2.05, 4.69) is 16.4 Å². The summed E-state index contributed by atoms with van der Waals surface area (Å²) in [7, 11) is 0. The highest BCUT2D eigenvalue weighted by molar-refractivity contribution is 6.07. The van der Waals surface area contributed by atoms with Crippen LogP contribution in [0.25, 0.3) is 0 Å². The van der Waals surface area contributed by atoms with Crippen LogP contribution in [0.3, 0.4) is 0 Å². The molecule has 0 fully saturated rings. The number of nitrogens with one attached hydrogen (secondary N) is 1. The predicted molar refractivity (Wildman–Crippen MR) is 102 cm³/mol. The Hall–Kier alpha value is -3.54. The number of fused-ring (bicyclic) bond motifs is 2. The molecule has 0 saturated carbocycles. The highest BCUT2D eigenvalue weighted by Crippen LogP contribution is 2.35. The molecule has 6 nitrogen and oxygen atoms in total. The minimum Gasteiger partial charge on any atom is -0.454 e. The molecular weight excluding hydrogens is 342 g/mol. The van der Waals surface area contributed by atoms with Crippen LogP contribution in [0, 0.1) is 0 Å². The van der Waals surface area contributed by atoms with Crippen molar-refractivity contribution in [2.45, 2.75) is 6.42 Å². The second kappa shape index (κ2) is 6.32. The summed E-state index contributed by atoms with van der Waals surface area (Å²) in [6, 6.07) is 17.1. The van der Waals surface area contributed by atoms with Crippen LogP contribution in [0.1, 0.15) is 15.9 Å². The summed E-state index contributed by atoms with van der Waals surface area (Å²) in [6.45, 7) is 0.934. The second-order valence-electron chi connectivity index (χ2n) is 6.46. The van der Waals surface area contributed by atoms with Crippen molar-refractivity contribution < 1.29 is 14.3 Å². The maximum Gasteiger partial charge on any atom is 0.258 e. The van der Waals surface area contributed by atoms with E-state index in [1.54, 1.807) is 18.3 Å². The van der Waals surface area contributed by atoms with Crippen LogP contribution in [-0.2, 0) is 6.42 Å². The summed E-state index contributed by atoms with van der Waals surface area (Å²) >= 11 is 0. The smallest absolute Gasteiger partial charge is 0.258 e. The quantitative estimate of drug-likeness (QED) is 0.771. The van der Waals surface area contributed by atoms with Crippen molar-refractivity contribution in [2.75, 3.05) is 23.6 Å². The Bertz CT molecular complexity index is 1030. The number of carbonyl (C=O) groups is 1. The fraction of sp³-hybridized carbons (Fsp3) is 0.143. The van der Waals surface area contributed by atoms with E-state index in [1.165, 1.54) is 5.56 Å². The molecule has 0 bridgehead atoms. The number of aromatic nitrogens is 1. The highest BCUT2D eigenvalue weighted by Gasteiger charge is 2.25. The van der Waals surface area contributed by atoms with E-state index in [4.69, 9.17) is 9.47 Å². The first-order valence-electron chi connectivity index (χ1n) is 8.80. The molecule has 27 heavy (non-hydrogen) atoms. The van der Waals surface area contributed by atoms with Crippen LogP contribution in [-0.4, -0.2) is 24.2 Å². The number of pyridine rings is 1. The summed E-state index contributed by atoms with van der Waals surface area (Å²) in [5, 5.41) is 3.22. The minimum absolute atomic E-state index is 0.0175. The monoisotopic (exact) mass is 359 g/mol. The fourth-order valence-corrected chi connectivity index (χ4v) is 3.46. The lowest BCUT2D eigenvalue weighted by molar-refractivity contribution is 0.0989. The van der Waals surface area contributed by atoms with Gasteiger partial charge in [-0.25, -0.2) is 4.98 Å². The Balaban J connectivity index is 1.39. The third-order valence-corrected chi connectivity index (χ3v) is 4.78. The molecule has 0 unspecified atom stereocenters. The van der Waals surface area contributed by atoms with Gasteiger partial charge in [0, 0.05) is 35.7 Å². The summed E-state index contributed by atoms with van der Waals surface area (Å²) in [5.41, 5.74) is 3.62. The molecule has 0 radical (unpaired) electrons. The number of amides is 1. The van der Waals surface area contributed by atoms with Gasteiger partial charge in [-0.05, 0) is 42.3 Å². The Labute approximate surface area is 156 Å².